The molecule has 96 valence electrons. The molecule has 1 aliphatic rings. The zero-order valence-electron chi connectivity index (χ0n) is 11.2. The lowest BCUT2D eigenvalue weighted by atomic mass is 10.0. The summed E-state index contributed by atoms with van der Waals surface area (Å²) in [6, 6.07) is 1.13. The van der Waals surface area contributed by atoms with Gasteiger partial charge in [0.05, 0.1) is 6.20 Å². The third kappa shape index (κ3) is 2.87. The molecule has 2 rings (SSSR count). The van der Waals surface area contributed by atoms with Crippen LogP contribution in [0.3, 0.4) is 0 Å². The van der Waals surface area contributed by atoms with Gasteiger partial charge < -0.3 is 5.32 Å². The van der Waals surface area contributed by atoms with E-state index in [9.17, 15) is 0 Å². The molecule has 2 heterocycles. The highest BCUT2D eigenvalue weighted by molar-refractivity contribution is 5.10. The van der Waals surface area contributed by atoms with E-state index < -0.39 is 0 Å². The van der Waals surface area contributed by atoms with Crippen LogP contribution < -0.4 is 5.32 Å². The van der Waals surface area contributed by atoms with Crippen molar-refractivity contribution in [1.29, 1.82) is 0 Å². The molecule has 0 radical (unpaired) electrons. The van der Waals surface area contributed by atoms with E-state index in [2.05, 4.69) is 35.4 Å². The number of rotatable bonds is 4. The molecule has 4 heteroatoms. The Morgan fingerprint density at radius 1 is 1.65 bits per heavy atom. The monoisotopic (exact) mass is 236 g/mol. The van der Waals surface area contributed by atoms with Crippen LogP contribution in [0.1, 0.15) is 38.3 Å². The summed E-state index contributed by atoms with van der Waals surface area (Å²) in [5.41, 5.74) is 1.32. The second-order valence-electron chi connectivity index (χ2n) is 4.95. The average Bonchev–Trinajstić information content (AvgIpc) is 2.78. The van der Waals surface area contributed by atoms with E-state index in [-0.39, 0.29) is 0 Å². The third-order valence-corrected chi connectivity index (χ3v) is 3.81. The van der Waals surface area contributed by atoms with Gasteiger partial charge >= 0.3 is 0 Å². The van der Waals surface area contributed by atoms with Crippen LogP contribution in [0, 0.1) is 0 Å². The topological polar surface area (TPSA) is 33.1 Å². The van der Waals surface area contributed by atoms with Crippen LogP contribution in [0.15, 0.2) is 12.4 Å². The molecular formula is C13H24N4. The molecule has 1 aromatic heterocycles. The molecule has 1 fully saturated rings. The zero-order valence-corrected chi connectivity index (χ0v) is 11.2. The van der Waals surface area contributed by atoms with Gasteiger partial charge in [0.15, 0.2) is 0 Å². The zero-order chi connectivity index (χ0) is 12.3. The maximum absolute atomic E-state index is 4.27. The SMILES string of the molecule is CCN(C1CCCNC1)C(C)c1cnn(C)c1. The molecule has 0 saturated carbocycles. The quantitative estimate of drug-likeness (QED) is 0.861. The van der Waals surface area contributed by atoms with Crippen molar-refractivity contribution in [2.45, 2.75) is 38.8 Å². The number of aromatic nitrogens is 2. The van der Waals surface area contributed by atoms with Gasteiger partial charge in [-0.25, -0.2) is 0 Å². The number of nitrogens with one attached hydrogen (secondary N) is 1. The first-order chi connectivity index (χ1) is 8.22. The van der Waals surface area contributed by atoms with E-state index in [1.807, 2.05) is 17.9 Å². The highest BCUT2D eigenvalue weighted by Crippen LogP contribution is 2.24. The van der Waals surface area contributed by atoms with Crippen molar-refractivity contribution in [1.82, 2.24) is 20.0 Å². The summed E-state index contributed by atoms with van der Waals surface area (Å²) in [6.07, 6.45) is 6.72. The Bertz CT molecular complexity index is 341. The van der Waals surface area contributed by atoms with Gasteiger partial charge in [0.2, 0.25) is 0 Å². The molecule has 17 heavy (non-hydrogen) atoms. The maximum Gasteiger partial charge on any atom is 0.0537 e. The van der Waals surface area contributed by atoms with Gasteiger partial charge in [0, 0.05) is 37.4 Å². The highest BCUT2D eigenvalue weighted by Gasteiger charge is 2.25. The number of hydrogen-bond acceptors (Lipinski definition) is 3. The second kappa shape index (κ2) is 5.65. The fourth-order valence-electron chi connectivity index (χ4n) is 2.81. The Kier molecular flexibility index (Phi) is 4.18. The van der Waals surface area contributed by atoms with Gasteiger partial charge in [-0.2, -0.15) is 5.10 Å². The largest absolute Gasteiger partial charge is 0.315 e. The average molecular weight is 236 g/mol. The first-order valence-electron chi connectivity index (χ1n) is 6.67. The minimum Gasteiger partial charge on any atom is -0.315 e. The molecular weight excluding hydrogens is 212 g/mol. The smallest absolute Gasteiger partial charge is 0.0537 e. The normalized spacial score (nSPS) is 22.9. The molecule has 0 aromatic carbocycles. The van der Waals surface area contributed by atoms with Crippen molar-refractivity contribution in [2.75, 3.05) is 19.6 Å². The predicted molar refractivity (Wildman–Crippen MR) is 69.9 cm³/mol. The van der Waals surface area contributed by atoms with Gasteiger partial charge in [0.1, 0.15) is 0 Å². The van der Waals surface area contributed by atoms with Crippen LogP contribution in [0.5, 0.6) is 0 Å². The Balaban J connectivity index is 2.06. The number of likely N-dealkylation sites (N-methyl/N-ethyl adjacent to an activating group) is 1. The van der Waals surface area contributed by atoms with Crippen molar-refractivity contribution >= 4 is 0 Å². The van der Waals surface area contributed by atoms with Crippen LogP contribution in [0.2, 0.25) is 0 Å². The summed E-state index contributed by atoms with van der Waals surface area (Å²) in [6.45, 7) is 7.94. The number of piperidine rings is 1. The van der Waals surface area contributed by atoms with Crippen LogP contribution >= 0.6 is 0 Å². The lowest BCUT2D eigenvalue weighted by Crippen LogP contribution is -2.46. The predicted octanol–water partition coefficient (Wildman–Crippen LogP) is 1.55. The van der Waals surface area contributed by atoms with Crippen LogP contribution in [0.25, 0.3) is 0 Å². The molecule has 0 spiro atoms. The number of hydrogen-bond donors (Lipinski definition) is 1. The lowest BCUT2D eigenvalue weighted by Gasteiger charge is -2.37. The van der Waals surface area contributed by atoms with E-state index in [4.69, 9.17) is 0 Å². The van der Waals surface area contributed by atoms with Gasteiger partial charge in [-0.3, -0.25) is 9.58 Å². The highest BCUT2D eigenvalue weighted by atomic mass is 15.3. The molecule has 0 aliphatic carbocycles. The van der Waals surface area contributed by atoms with E-state index in [0.717, 1.165) is 13.1 Å². The standard InChI is InChI=1S/C13H24N4/c1-4-17(13-6-5-7-14-9-13)11(2)12-8-15-16(3)10-12/h8,10-11,13-14H,4-7,9H2,1-3H3. The third-order valence-electron chi connectivity index (χ3n) is 3.81. The van der Waals surface area contributed by atoms with Gasteiger partial charge in [-0.05, 0) is 32.9 Å². The van der Waals surface area contributed by atoms with Crippen LogP contribution in [-0.2, 0) is 7.05 Å². The molecule has 1 aromatic rings. The Labute approximate surface area is 104 Å². The molecule has 2 unspecified atom stereocenters. The molecule has 1 saturated heterocycles. The van der Waals surface area contributed by atoms with Crippen molar-refractivity contribution in [3.05, 3.63) is 18.0 Å². The first-order valence-corrected chi connectivity index (χ1v) is 6.67. The van der Waals surface area contributed by atoms with Gasteiger partial charge in [0.25, 0.3) is 0 Å². The summed E-state index contributed by atoms with van der Waals surface area (Å²) >= 11 is 0. The van der Waals surface area contributed by atoms with Gasteiger partial charge in [-0.1, -0.05) is 6.92 Å². The van der Waals surface area contributed by atoms with Gasteiger partial charge in [-0.15, -0.1) is 0 Å². The van der Waals surface area contributed by atoms with Crippen molar-refractivity contribution in [3.63, 3.8) is 0 Å². The molecule has 1 N–H and O–H groups in total. The minimum atomic E-state index is 0.457. The van der Waals surface area contributed by atoms with Crippen molar-refractivity contribution in [3.8, 4) is 0 Å². The lowest BCUT2D eigenvalue weighted by molar-refractivity contribution is 0.128. The molecule has 2 atom stereocenters. The summed E-state index contributed by atoms with van der Waals surface area (Å²) in [7, 11) is 1.98. The molecule has 0 amide bonds. The maximum atomic E-state index is 4.27. The van der Waals surface area contributed by atoms with Crippen molar-refractivity contribution in [2.24, 2.45) is 7.05 Å². The second-order valence-corrected chi connectivity index (χ2v) is 4.95. The summed E-state index contributed by atoms with van der Waals surface area (Å²) in [5, 5.41) is 7.77. The van der Waals surface area contributed by atoms with E-state index >= 15 is 0 Å². The van der Waals surface area contributed by atoms with Crippen molar-refractivity contribution < 1.29 is 0 Å². The fourth-order valence-corrected chi connectivity index (χ4v) is 2.81. The fraction of sp³-hybridized carbons (Fsp3) is 0.769. The van der Waals surface area contributed by atoms with Crippen LogP contribution in [-0.4, -0.2) is 40.4 Å². The molecule has 1 aliphatic heterocycles. The van der Waals surface area contributed by atoms with E-state index in [1.165, 1.54) is 24.9 Å². The minimum absolute atomic E-state index is 0.457. The summed E-state index contributed by atoms with van der Waals surface area (Å²) in [4.78, 5) is 2.59. The summed E-state index contributed by atoms with van der Waals surface area (Å²) < 4.78 is 1.89. The Hall–Kier alpha value is -0.870. The first kappa shape index (κ1) is 12.6. The molecule has 0 bridgehead atoms. The molecule has 4 nitrogen and oxygen atoms in total. The number of nitrogens with zero attached hydrogens (tertiary/aromatic N) is 3. The Morgan fingerprint density at radius 3 is 3.00 bits per heavy atom. The summed E-state index contributed by atoms with van der Waals surface area (Å²) in [5.74, 6) is 0. The van der Waals surface area contributed by atoms with Crippen LogP contribution in [0.4, 0.5) is 0 Å². The van der Waals surface area contributed by atoms with E-state index in [0.29, 0.717) is 12.1 Å². The van der Waals surface area contributed by atoms with E-state index in [1.54, 1.807) is 0 Å². The number of aryl methyl sites for hydroxylation is 1. The Morgan fingerprint density at radius 2 is 2.47 bits per heavy atom.